The molecule has 0 saturated heterocycles. The highest BCUT2D eigenvalue weighted by Gasteiger charge is 2.15. The first-order valence-corrected chi connectivity index (χ1v) is 7.54. The summed E-state index contributed by atoms with van der Waals surface area (Å²) in [7, 11) is 0. The van der Waals surface area contributed by atoms with Crippen LogP contribution in [-0.4, -0.2) is 17.7 Å². The van der Waals surface area contributed by atoms with E-state index in [0.717, 1.165) is 11.8 Å². The van der Waals surface area contributed by atoms with Crippen molar-refractivity contribution in [3.63, 3.8) is 0 Å². The lowest BCUT2D eigenvalue weighted by Gasteiger charge is -2.11. The topological polar surface area (TPSA) is 46.5 Å². The lowest BCUT2D eigenvalue weighted by atomic mass is 10.0. The summed E-state index contributed by atoms with van der Waals surface area (Å²) in [5, 5.41) is 13.1. The van der Waals surface area contributed by atoms with Gasteiger partial charge in [0.15, 0.2) is 0 Å². The van der Waals surface area contributed by atoms with Gasteiger partial charge >= 0.3 is 5.97 Å². The average molecular weight is 298 g/mol. The molecule has 0 atom stereocenters. The first-order valence-electron chi connectivity index (χ1n) is 6.66. The van der Waals surface area contributed by atoms with Gasteiger partial charge in [-0.05, 0) is 28.3 Å². The predicted octanol–water partition coefficient (Wildman–Crippen LogP) is 4.22. The van der Waals surface area contributed by atoms with Crippen molar-refractivity contribution in [3.8, 4) is 5.75 Å². The van der Waals surface area contributed by atoms with Crippen LogP contribution in [0, 0.1) is 0 Å². The summed E-state index contributed by atoms with van der Waals surface area (Å²) >= 11 is 1.67. The number of thiophene rings is 1. The Morgan fingerprint density at radius 1 is 1.10 bits per heavy atom. The molecule has 0 aliphatic carbocycles. The number of ether oxygens (including phenoxy) is 1. The molecule has 0 spiro atoms. The summed E-state index contributed by atoms with van der Waals surface area (Å²) in [5.41, 5.74) is 0.235. The highest BCUT2D eigenvalue weighted by Crippen LogP contribution is 2.28. The highest BCUT2D eigenvalue weighted by atomic mass is 32.1. The van der Waals surface area contributed by atoms with Crippen LogP contribution in [0.5, 0.6) is 5.75 Å². The molecule has 0 unspecified atom stereocenters. The number of benzene rings is 2. The van der Waals surface area contributed by atoms with Crippen LogP contribution < -0.4 is 4.74 Å². The summed E-state index contributed by atoms with van der Waals surface area (Å²) < 4.78 is 5.71. The van der Waals surface area contributed by atoms with E-state index in [1.54, 1.807) is 17.4 Å². The second-order valence-electron chi connectivity index (χ2n) is 4.64. The van der Waals surface area contributed by atoms with Gasteiger partial charge in [-0.2, -0.15) is 0 Å². The van der Waals surface area contributed by atoms with Crippen molar-refractivity contribution < 1.29 is 14.6 Å². The third-order valence-electron chi connectivity index (χ3n) is 3.29. The van der Waals surface area contributed by atoms with E-state index >= 15 is 0 Å². The first kappa shape index (κ1) is 13.6. The molecule has 0 amide bonds. The molecular weight excluding hydrogens is 284 g/mol. The van der Waals surface area contributed by atoms with E-state index in [-0.39, 0.29) is 5.56 Å². The largest absolute Gasteiger partial charge is 0.492 e. The zero-order valence-corrected chi connectivity index (χ0v) is 12.1. The molecule has 1 N–H and O–H groups in total. The Hall–Kier alpha value is -2.33. The standard InChI is InChI=1S/C17H14O3S/c18-17(19)16-14-6-2-1-4-12(14)7-8-15(16)20-10-9-13-5-3-11-21-13/h1-8,11H,9-10H2,(H,18,19). The van der Waals surface area contributed by atoms with Crippen molar-refractivity contribution in [2.75, 3.05) is 6.61 Å². The monoisotopic (exact) mass is 298 g/mol. The average Bonchev–Trinajstić information content (AvgIpc) is 3.00. The van der Waals surface area contributed by atoms with Gasteiger partial charge in [-0.25, -0.2) is 4.79 Å². The van der Waals surface area contributed by atoms with E-state index in [1.165, 1.54) is 4.88 Å². The molecule has 4 heteroatoms. The summed E-state index contributed by atoms with van der Waals surface area (Å²) in [5.74, 6) is -0.532. The second-order valence-corrected chi connectivity index (χ2v) is 5.68. The number of carboxylic acids is 1. The summed E-state index contributed by atoms with van der Waals surface area (Å²) in [6.07, 6.45) is 0.781. The Balaban J connectivity index is 1.87. The highest BCUT2D eigenvalue weighted by molar-refractivity contribution is 7.09. The van der Waals surface area contributed by atoms with E-state index in [1.807, 2.05) is 47.8 Å². The minimum atomic E-state index is -0.960. The second kappa shape index (κ2) is 5.97. The summed E-state index contributed by atoms with van der Waals surface area (Å²) in [4.78, 5) is 12.8. The van der Waals surface area contributed by atoms with Crippen molar-refractivity contribution in [2.24, 2.45) is 0 Å². The molecule has 0 aliphatic heterocycles. The smallest absolute Gasteiger partial charge is 0.340 e. The normalized spacial score (nSPS) is 10.7. The Labute approximate surface area is 126 Å². The zero-order valence-electron chi connectivity index (χ0n) is 11.3. The van der Waals surface area contributed by atoms with E-state index < -0.39 is 5.97 Å². The summed E-state index contributed by atoms with van der Waals surface area (Å²) in [6.45, 7) is 0.471. The van der Waals surface area contributed by atoms with E-state index in [2.05, 4.69) is 0 Å². The maximum absolute atomic E-state index is 11.5. The summed E-state index contributed by atoms with van der Waals surface area (Å²) in [6, 6.07) is 15.1. The van der Waals surface area contributed by atoms with Crippen LogP contribution >= 0.6 is 11.3 Å². The molecule has 3 nitrogen and oxygen atoms in total. The van der Waals surface area contributed by atoms with Gasteiger partial charge < -0.3 is 9.84 Å². The van der Waals surface area contributed by atoms with Crippen molar-refractivity contribution in [1.29, 1.82) is 0 Å². The Morgan fingerprint density at radius 3 is 2.71 bits per heavy atom. The molecule has 3 aromatic rings. The van der Waals surface area contributed by atoms with Crippen LogP contribution in [0.1, 0.15) is 15.2 Å². The minimum Gasteiger partial charge on any atom is -0.492 e. The number of hydrogen-bond acceptors (Lipinski definition) is 3. The molecular formula is C17H14O3S. The molecule has 0 saturated carbocycles. The fraction of sp³-hybridized carbons (Fsp3) is 0.118. The molecule has 0 fully saturated rings. The van der Waals surface area contributed by atoms with Gasteiger partial charge in [0, 0.05) is 11.3 Å². The number of aromatic carboxylic acids is 1. The Bertz CT molecular complexity index is 763. The maximum Gasteiger partial charge on any atom is 0.340 e. The fourth-order valence-electron chi connectivity index (χ4n) is 2.31. The zero-order chi connectivity index (χ0) is 14.7. The molecule has 1 aromatic heterocycles. The molecule has 106 valence electrons. The van der Waals surface area contributed by atoms with Gasteiger partial charge in [0.05, 0.1) is 6.61 Å². The van der Waals surface area contributed by atoms with Crippen molar-refractivity contribution in [2.45, 2.75) is 6.42 Å². The number of carbonyl (C=O) groups is 1. The third kappa shape index (κ3) is 2.90. The van der Waals surface area contributed by atoms with Crippen molar-refractivity contribution in [1.82, 2.24) is 0 Å². The van der Waals surface area contributed by atoms with E-state index in [4.69, 9.17) is 4.74 Å². The number of hydrogen-bond donors (Lipinski definition) is 1. The number of carboxylic acid groups (broad SMARTS) is 1. The van der Waals surface area contributed by atoms with Crippen LogP contribution in [-0.2, 0) is 6.42 Å². The van der Waals surface area contributed by atoms with Gasteiger partial charge in [-0.1, -0.05) is 36.4 Å². The maximum atomic E-state index is 11.5. The van der Waals surface area contributed by atoms with Crippen LogP contribution in [0.3, 0.4) is 0 Å². The van der Waals surface area contributed by atoms with Gasteiger partial charge in [0.1, 0.15) is 11.3 Å². The van der Waals surface area contributed by atoms with Gasteiger partial charge in [0.25, 0.3) is 0 Å². The molecule has 21 heavy (non-hydrogen) atoms. The quantitative estimate of drug-likeness (QED) is 0.767. The van der Waals surface area contributed by atoms with Gasteiger partial charge in [-0.15, -0.1) is 11.3 Å². The fourth-order valence-corrected chi connectivity index (χ4v) is 3.00. The molecule has 1 heterocycles. The Morgan fingerprint density at radius 2 is 1.95 bits per heavy atom. The Kier molecular flexibility index (Phi) is 3.88. The molecule has 2 aromatic carbocycles. The van der Waals surface area contributed by atoms with E-state index in [0.29, 0.717) is 17.7 Å². The van der Waals surface area contributed by atoms with Crippen LogP contribution in [0.2, 0.25) is 0 Å². The molecule has 0 radical (unpaired) electrons. The van der Waals surface area contributed by atoms with Crippen molar-refractivity contribution in [3.05, 3.63) is 64.4 Å². The van der Waals surface area contributed by atoms with Crippen LogP contribution in [0.25, 0.3) is 10.8 Å². The number of fused-ring (bicyclic) bond motifs is 1. The van der Waals surface area contributed by atoms with Crippen LogP contribution in [0.4, 0.5) is 0 Å². The van der Waals surface area contributed by atoms with Crippen molar-refractivity contribution >= 4 is 28.1 Å². The van der Waals surface area contributed by atoms with Gasteiger partial charge in [0.2, 0.25) is 0 Å². The predicted molar refractivity (Wildman–Crippen MR) is 84.4 cm³/mol. The molecule has 3 rings (SSSR count). The van der Waals surface area contributed by atoms with E-state index in [9.17, 15) is 9.90 Å². The number of rotatable bonds is 5. The molecule has 0 aliphatic rings. The minimum absolute atomic E-state index is 0.235. The first-order chi connectivity index (χ1) is 10.3. The lowest BCUT2D eigenvalue weighted by Crippen LogP contribution is -2.06. The third-order valence-corrected chi connectivity index (χ3v) is 4.23. The van der Waals surface area contributed by atoms with Gasteiger partial charge in [-0.3, -0.25) is 0 Å². The lowest BCUT2D eigenvalue weighted by molar-refractivity contribution is 0.0694. The SMILES string of the molecule is O=C(O)c1c(OCCc2cccs2)ccc2ccccc12. The van der Waals surface area contributed by atoms with Crippen LogP contribution in [0.15, 0.2) is 53.9 Å². The molecule has 0 bridgehead atoms.